The van der Waals surface area contributed by atoms with Gasteiger partial charge in [0.05, 0.1) is 10.6 Å². The van der Waals surface area contributed by atoms with E-state index in [2.05, 4.69) is 4.72 Å². The lowest BCUT2D eigenvalue weighted by Crippen LogP contribution is -2.15. The van der Waals surface area contributed by atoms with E-state index >= 15 is 0 Å². The first kappa shape index (κ1) is 14.5. The van der Waals surface area contributed by atoms with Gasteiger partial charge in [-0.3, -0.25) is 4.72 Å². The van der Waals surface area contributed by atoms with Crippen LogP contribution in [0.1, 0.15) is 16.7 Å². The first-order valence-corrected chi connectivity index (χ1v) is 7.65. The van der Waals surface area contributed by atoms with Gasteiger partial charge in [-0.15, -0.1) is 0 Å². The van der Waals surface area contributed by atoms with Crippen molar-refractivity contribution in [3.8, 4) is 0 Å². The second-order valence-corrected chi connectivity index (χ2v) is 6.44. The zero-order valence-corrected chi connectivity index (χ0v) is 12.4. The highest BCUT2D eigenvalue weighted by Gasteiger charge is 2.19. The molecule has 0 saturated carbocycles. The predicted octanol–water partition coefficient (Wildman–Crippen LogP) is 3.55. The summed E-state index contributed by atoms with van der Waals surface area (Å²) >= 11 is 0. The van der Waals surface area contributed by atoms with Crippen LogP contribution in [-0.4, -0.2) is 8.42 Å². The molecule has 0 heterocycles. The number of hydrogen-bond donors (Lipinski definition) is 1. The molecular weight excluding hydrogens is 277 g/mol. The van der Waals surface area contributed by atoms with Crippen LogP contribution in [0.4, 0.5) is 10.1 Å². The number of para-hydroxylation sites is 1. The van der Waals surface area contributed by atoms with E-state index in [1.165, 1.54) is 18.2 Å². The summed E-state index contributed by atoms with van der Waals surface area (Å²) in [7, 11) is -3.80. The molecule has 0 atom stereocenters. The Hall–Kier alpha value is -1.88. The number of hydrogen-bond acceptors (Lipinski definition) is 2. The number of nitrogens with one attached hydrogen (secondary N) is 1. The van der Waals surface area contributed by atoms with Crippen LogP contribution in [0.15, 0.2) is 41.3 Å². The molecule has 20 heavy (non-hydrogen) atoms. The molecular formula is C15H16FNO2S. The fourth-order valence-electron chi connectivity index (χ4n) is 1.97. The van der Waals surface area contributed by atoms with Gasteiger partial charge >= 0.3 is 0 Å². The van der Waals surface area contributed by atoms with E-state index in [-0.39, 0.29) is 10.6 Å². The molecule has 2 aromatic carbocycles. The van der Waals surface area contributed by atoms with E-state index in [0.717, 1.165) is 11.1 Å². The molecule has 0 bridgehead atoms. The summed E-state index contributed by atoms with van der Waals surface area (Å²) < 4.78 is 40.6. The largest absolute Gasteiger partial charge is 0.277 e. The van der Waals surface area contributed by atoms with E-state index in [4.69, 9.17) is 0 Å². The minimum atomic E-state index is -3.80. The molecule has 0 aliphatic carbocycles. The van der Waals surface area contributed by atoms with Gasteiger partial charge in [-0.1, -0.05) is 18.2 Å². The zero-order valence-electron chi connectivity index (χ0n) is 11.6. The lowest BCUT2D eigenvalue weighted by Gasteiger charge is -2.13. The van der Waals surface area contributed by atoms with E-state index < -0.39 is 15.8 Å². The van der Waals surface area contributed by atoms with Crippen molar-refractivity contribution >= 4 is 15.7 Å². The van der Waals surface area contributed by atoms with Gasteiger partial charge in [-0.25, -0.2) is 12.8 Å². The summed E-state index contributed by atoms with van der Waals surface area (Å²) in [6, 6.07) is 9.11. The molecule has 0 unspecified atom stereocenters. The van der Waals surface area contributed by atoms with Crippen LogP contribution in [0, 0.1) is 26.6 Å². The highest BCUT2D eigenvalue weighted by Crippen LogP contribution is 2.23. The van der Waals surface area contributed by atoms with Crippen molar-refractivity contribution in [1.29, 1.82) is 0 Å². The van der Waals surface area contributed by atoms with Crippen molar-refractivity contribution in [2.75, 3.05) is 4.72 Å². The molecule has 2 aromatic rings. The van der Waals surface area contributed by atoms with Crippen LogP contribution in [0.5, 0.6) is 0 Å². The standard InChI is InChI=1S/C15H16FNO2S/c1-10-8-12(3)15(9-11(10)2)20(18,19)17-14-7-5-4-6-13(14)16/h4-9,17H,1-3H3. The fraction of sp³-hybridized carbons (Fsp3) is 0.200. The average molecular weight is 293 g/mol. The van der Waals surface area contributed by atoms with Crippen molar-refractivity contribution < 1.29 is 12.8 Å². The fourth-order valence-corrected chi connectivity index (χ4v) is 3.35. The lowest BCUT2D eigenvalue weighted by molar-refractivity contribution is 0.598. The molecule has 5 heteroatoms. The molecule has 0 radical (unpaired) electrons. The Kier molecular flexibility index (Phi) is 3.81. The summed E-state index contributed by atoms with van der Waals surface area (Å²) in [6.45, 7) is 5.49. The van der Waals surface area contributed by atoms with E-state index in [1.807, 2.05) is 19.9 Å². The maximum Gasteiger partial charge on any atom is 0.262 e. The van der Waals surface area contributed by atoms with E-state index in [9.17, 15) is 12.8 Å². The van der Waals surface area contributed by atoms with Gasteiger partial charge in [0.25, 0.3) is 10.0 Å². The van der Waals surface area contributed by atoms with Crippen LogP contribution < -0.4 is 4.72 Å². The Morgan fingerprint density at radius 1 is 0.950 bits per heavy atom. The highest BCUT2D eigenvalue weighted by atomic mass is 32.2. The highest BCUT2D eigenvalue weighted by molar-refractivity contribution is 7.92. The number of benzene rings is 2. The summed E-state index contributed by atoms with van der Waals surface area (Å²) in [5.41, 5.74) is 2.49. The van der Waals surface area contributed by atoms with Gasteiger partial charge in [-0.05, 0) is 55.7 Å². The molecule has 2 rings (SSSR count). The smallest absolute Gasteiger partial charge is 0.262 e. The van der Waals surface area contributed by atoms with Gasteiger partial charge in [0.15, 0.2) is 0 Å². The molecule has 0 amide bonds. The number of sulfonamides is 1. The molecule has 0 saturated heterocycles. The summed E-state index contributed by atoms with van der Waals surface area (Å²) in [4.78, 5) is 0.170. The molecule has 3 nitrogen and oxygen atoms in total. The van der Waals surface area contributed by atoms with Crippen LogP contribution in [0.3, 0.4) is 0 Å². The Bertz CT molecular complexity index is 754. The second-order valence-electron chi connectivity index (χ2n) is 4.79. The Balaban J connectivity index is 2.47. The maximum absolute atomic E-state index is 13.6. The number of halogens is 1. The molecule has 106 valence electrons. The normalized spacial score (nSPS) is 11.4. The lowest BCUT2D eigenvalue weighted by atomic mass is 10.1. The Labute approximate surface area is 118 Å². The topological polar surface area (TPSA) is 46.2 Å². The van der Waals surface area contributed by atoms with Gasteiger partial charge in [0, 0.05) is 0 Å². The van der Waals surface area contributed by atoms with E-state index in [1.54, 1.807) is 19.1 Å². The van der Waals surface area contributed by atoms with Gasteiger partial charge in [0.1, 0.15) is 5.82 Å². The van der Waals surface area contributed by atoms with Gasteiger partial charge in [0.2, 0.25) is 0 Å². The Morgan fingerprint density at radius 3 is 2.20 bits per heavy atom. The van der Waals surface area contributed by atoms with Crippen LogP contribution in [0.2, 0.25) is 0 Å². The quantitative estimate of drug-likeness (QED) is 0.940. The molecule has 0 aliphatic rings. The summed E-state index contributed by atoms with van der Waals surface area (Å²) in [6.07, 6.45) is 0. The van der Waals surface area contributed by atoms with Gasteiger partial charge in [-0.2, -0.15) is 0 Å². The molecule has 0 aromatic heterocycles. The first-order chi connectivity index (χ1) is 9.31. The van der Waals surface area contributed by atoms with E-state index in [0.29, 0.717) is 5.56 Å². The molecule has 0 fully saturated rings. The van der Waals surface area contributed by atoms with Crippen molar-refractivity contribution in [1.82, 2.24) is 0 Å². The third-order valence-corrected chi connectivity index (χ3v) is 4.71. The van der Waals surface area contributed by atoms with Crippen molar-refractivity contribution in [3.05, 3.63) is 58.9 Å². The number of anilines is 1. The molecule has 1 N–H and O–H groups in total. The van der Waals surface area contributed by atoms with Crippen LogP contribution >= 0.6 is 0 Å². The minimum Gasteiger partial charge on any atom is -0.277 e. The monoisotopic (exact) mass is 293 g/mol. The average Bonchev–Trinajstić information content (AvgIpc) is 2.36. The zero-order chi connectivity index (χ0) is 14.9. The first-order valence-electron chi connectivity index (χ1n) is 6.16. The third kappa shape index (κ3) is 2.82. The molecule has 0 aliphatic heterocycles. The summed E-state index contributed by atoms with van der Waals surface area (Å²) in [5.74, 6) is -0.599. The number of aryl methyl sites for hydroxylation is 3. The third-order valence-electron chi connectivity index (χ3n) is 3.20. The minimum absolute atomic E-state index is 0.0508. The van der Waals surface area contributed by atoms with Gasteiger partial charge < -0.3 is 0 Å². The van der Waals surface area contributed by atoms with Crippen molar-refractivity contribution in [2.45, 2.75) is 25.7 Å². The molecule has 0 spiro atoms. The van der Waals surface area contributed by atoms with Crippen LogP contribution in [-0.2, 0) is 10.0 Å². The SMILES string of the molecule is Cc1cc(C)c(S(=O)(=O)Nc2ccccc2F)cc1C. The van der Waals surface area contributed by atoms with Crippen molar-refractivity contribution in [2.24, 2.45) is 0 Å². The predicted molar refractivity (Wildman–Crippen MR) is 77.9 cm³/mol. The summed E-state index contributed by atoms with van der Waals surface area (Å²) in [5, 5.41) is 0. The van der Waals surface area contributed by atoms with Crippen LogP contribution in [0.25, 0.3) is 0 Å². The van der Waals surface area contributed by atoms with Crippen molar-refractivity contribution in [3.63, 3.8) is 0 Å². The Morgan fingerprint density at radius 2 is 1.55 bits per heavy atom. The number of rotatable bonds is 3. The second kappa shape index (κ2) is 5.25. The maximum atomic E-state index is 13.6.